The van der Waals surface area contributed by atoms with E-state index in [1.165, 1.54) is 18.4 Å². The maximum atomic E-state index is 5.88. The molecule has 1 unspecified atom stereocenters. The number of hydrogen-bond donors (Lipinski definition) is 1. The number of para-hydroxylation sites is 1. The first-order chi connectivity index (χ1) is 7.79. The molecule has 0 spiro atoms. The minimum Gasteiger partial charge on any atom is -0.440 e. The molecule has 3 rings (SSSR count). The van der Waals surface area contributed by atoms with E-state index in [0.717, 1.165) is 17.0 Å². The van der Waals surface area contributed by atoms with Crippen molar-refractivity contribution in [2.75, 3.05) is 6.54 Å². The van der Waals surface area contributed by atoms with Crippen molar-refractivity contribution in [3.05, 3.63) is 29.7 Å². The van der Waals surface area contributed by atoms with Crippen LogP contribution in [0.3, 0.4) is 0 Å². The number of fused-ring (bicyclic) bond motifs is 1. The highest BCUT2D eigenvalue weighted by Gasteiger charge is 2.29. The molecule has 1 saturated carbocycles. The molecule has 0 amide bonds. The highest BCUT2D eigenvalue weighted by atomic mass is 16.3. The largest absolute Gasteiger partial charge is 0.440 e. The SMILES string of the molecule is CC(CN)c1cccc2nc(C3CC3)oc12. The zero-order valence-electron chi connectivity index (χ0n) is 9.44. The number of benzene rings is 1. The van der Waals surface area contributed by atoms with Crippen molar-refractivity contribution in [3.8, 4) is 0 Å². The summed E-state index contributed by atoms with van der Waals surface area (Å²) >= 11 is 0. The fourth-order valence-corrected chi connectivity index (χ4v) is 2.01. The lowest BCUT2D eigenvalue weighted by molar-refractivity contribution is 0.527. The smallest absolute Gasteiger partial charge is 0.198 e. The summed E-state index contributed by atoms with van der Waals surface area (Å²) in [5.41, 5.74) is 8.80. The molecular formula is C13H16N2O. The molecular weight excluding hydrogens is 200 g/mol. The number of oxazole rings is 1. The monoisotopic (exact) mass is 216 g/mol. The summed E-state index contributed by atoms with van der Waals surface area (Å²) < 4.78 is 5.88. The Kier molecular flexibility index (Phi) is 2.21. The van der Waals surface area contributed by atoms with Crippen molar-refractivity contribution in [1.82, 2.24) is 4.98 Å². The summed E-state index contributed by atoms with van der Waals surface area (Å²) in [6.45, 7) is 2.76. The topological polar surface area (TPSA) is 52.0 Å². The number of hydrogen-bond acceptors (Lipinski definition) is 3. The predicted molar refractivity (Wildman–Crippen MR) is 63.5 cm³/mol. The molecule has 0 aliphatic heterocycles. The Labute approximate surface area is 94.7 Å². The Balaban J connectivity index is 2.13. The molecule has 0 saturated heterocycles. The van der Waals surface area contributed by atoms with Crippen molar-refractivity contribution in [1.29, 1.82) is 0 Å². The Bertz CT molecular complexity index is 514. The van der Waals surface area contributed by atoms with Gasteiger partial charge in [0.25, 0.3) is 0 Å². The molecule has 1 atom stereocenters. The fourth-order valence-electron chi connectivity index (χ4n) is 2.01. The van der Waals surface area contributed by atoms with Crippen LogP contribution in [-0.4, -0.2) is 11.5 Å². The molecule has 16 heavy (non-hydrogen) atoms. The third kappa shape index (κ3) is 1.52. The van der Waals surface area contributed by atoms with Crippen LogP contribution in [0.5, 0.6) is 0 Å². The van der Waals surface area contributed by atoms with E-state index in [0.29, 0.717) is 18.4 Å². The van der Waals surface area contributed by atoms with Gasteiger partial charge in [-0.3, -0.25) is 0 Å². The van der Waals surface area contributed by atoms with E-state index in [-0.39, 0.29) is 0 Å². The summed E-state index contributed by atoms with van der Waals surface area (Å²) in [6, 6.07) is 6.13. The van der Waals surface area contributed by atoms with Gasteiger partial charge in [0.05, 0.1) is 0 Å². The summed E-state index contributed by atoms with van der Waals surface area (Å²) in [5, 5.41) is 0. The lowest BCUT2D eigenvalue weighted by Crippen LogP contribution is -2.08. The predicted octanol–water partition coefficient (Wildman–Crippen LogP) is 2.77. The molecule has 1 aromatic carbocycles. The van der Waals surface area contributed by atoms with E-state index < -0.39 is 0 Å². The first kappa shape index (κ1) is 9.85. The Morgan fingerprint density at radius 2 is 2.31 bits per heavy atom. The van der Waals surface area contributed by atoms with Gasteiger partial charge in [-0.2, -0.15) is 0 Å². The summed E-state index contributed by atoms with van der Waals surface area (Å²) in [7, 11) is 0. The molecule has 0 bridgehead atoms. The summed E-state index contributed by atoms with van der Waals surface area (Å²) in [5.74, 6) is 1.80. The van der Waals surface area contributed by atoms with Crippen molar-refractivity contribution >= 4 is 11.1 Å². The lowest BCUT2D eigenvalue weighted by atomic mass is 10.0. The third-order valence-corrected chi connectivity index (χ3v) is 3.27. The van der Waals surface area contributed by atoms with E-state index in [9.17, 15) is 0 Å². The van der Waals surface area contributed by atoms with Gasteiger partial charge in [-0.15, -0.1) is 0 Å². The molecule has 2 N–H and O–H groups in total. The normalized spacial score (nSPS) is 17.9. The number of nitrogens with two attached hydrogens (primary N) is 1. The second-order valence-electron chi connectivity index (χ2n) is 4.66. The van der Waals surface area contributed by atoms with Crippen LogP contribution in [-0.2, 0) is 0 Å². The van der Waals surface area contributed by atoms with Gasteiger partial charge in [0, 0.05) is 11.5 Å². The van der Waals surface area contributed by atoms with Crippen LogP contribution in [0.25, 0.3) is 11.1 Å². The number of nitrogens with zero attached hydrogens (tertiary/aromatic N) is 1. The van der Waals surface area contributed by atoms with Crippen LogP contribution < -0.4 is 5.73 Å². The minimum absolute atomic E-state index is 0.323. The average molecular weight is 216 g/mol. The second-order valence-corrected chi connectivity index (χ2v) is 4.66. The summed E-state index contributed by atoms with van der Waals surface area (Å²) in [4.78, 5) is 4.54. The van der Waals surface area contributed by atoms with Crippen LogP contribution in [0.1, 0.15) is 43.1 Å². The third-order valence-electron chi connectivity index (χ3n) is 3.27. The first-order valence-corrected chi connectivity index (χ1v) is 5.89. The van der Waals surface area contributed by atoms with Gasteiger partial charge in [-0.05, 0) is 31.4 Å². The van der Waals surface area contributed by atoms with E-state index in [4.69, 9.17) is 10.2 Å². The minimum atomic E-state index is 0.323. The Morgan fingerprint density at radius 3 is 3.00 bits per heavy atom. The van der Waals surface area contributed by atoms with Crippen LogP contribution in [0.4, 0.5) is 0 Å². The Morgan fingerprint density at radius 1 is 1.50 bits per heavy atom. The average Bonchev–Trinajstić information content (AvgIpc) is 3.07. The van der Waals surface area contributed by atoms with E-state index in [2.05, 4.69) is 18.0 Å². The van der Waals surface area contributed by atoms with Crippen LogP contribution in [0, 0.1) is 0 Å². The van der Waals surface area contributed by atoms with E-state index >= 15 is 0 Å². The van der Waals surface area contributed by atoms with Crippen molar-refractivity contribution in [2.45, 2.75) is 31.6 Å². The van der Waals surface area contributed by atoms with Crippen molar-refractivity contribution in [3.63, 3.8) is 0 Å². The van der Waals surface area contributed by atoms with Gasteiger partial charge in [0.1, 0.15) is 5.52 Å². The fraction of sp³-hybridized carbons (Fsp3) is 0.462. The van der Waals surface area contributed by atoms with Gasteiger partial charge in [-0.25, -0.2) is 4.98 Å². The van der Waals surface area contributed by atoms with Crippen molar-refractivity contribution in [2.24, 2.45) is 5.73 Å². The standard InChI is InChI=1S/C13H16N2O/c1-8(7-14)10-3-2-4-11-12(10)16-13(15-11)9-5-6-9/h2-4,8-9H,5-7,14H2,1H3. The van der Waals surface area contributed by atoms with Gasteiger partial charge < -0.3 is 10.2 Å². The molecule has 1 aromatic heterocycles. The highest BCUT2D eigenvalue weighted by Crippen LogP contribution is 2.41. The molecule has 3 heteroatoms. The molecule has 1 aliphatic carbocycles. The molecule has 2 aromatic rings. The maximum Gasteiger partial charge on any atom is 0.198 e. The van der Waals surface area contributed by atoms with Crippen LogP contribution >= 0.6 is 0 Å². The molecule has 0 radical (unpaired) electrons. The Hall–Kier alpha value is -1.35. The maximum absolute atomic E-state index is 5.88. The van der Waals surface area contributed by atoms with Gasteiger partial charge in [0.15, 0.2) is 11.5 Å². The second kappa shape index (κ2) is 3.59. The van der Waals surface area contributed by atoms with Crippen molar-refractivity contribution < 1.29 is 4.42 Å². The van der Waals surface area contributed by atoms with E-state index in [1.807, 2.05) is 12.1 Å². The summed E-state index contributed by atoms with van der Waals surface area (Å²) in [6.07, 6.45) is 2.43. The van der Waals surface area contributed by atoms with Gasteiger partial charge in [-0.1, -0.05) is 19.1 Å². The van der Waals surface area contributed by atoms with E-state index in [1.54, 1.807) is 0 Å². The van der Waals surface area contributed by atoms with Gasteiger partial charge in [0.2, 0.25) is 0 Å². The van der Waals surface area contributed by atoms with Gasteiger partial charge >= 0.3 is 0 Å². The highest BCUT2D eigenvalue weighted by molar-refractivity contribution is 5.77. The van der Waals surface area contributed by atoms with Crippen LogP contribution in [0.15, 0.2) is 22.6 Å². The lowest BCUT2D eigenvalue weighted by Gasteiger charge is -2.07. The van der Waals surface area contributed by atoms with Crippen LogP contribution in [0.2, 0.25) is 0 Å². The molecule has 3 nitrogen and oxygen atoms in total. The molecule has 1 fully saturated rings. The first-order valence-electron chi connectivity index (χ1n) is 5.89. The molecule has 1 heterocycles. The zero-order chi connectivity index (χ0) is 11.1. The molecule has 1 aliphatic rings. The molecule has 84 valence electrons. The zero-order valence-corrected chi connectivity index (χ0v) is 9.44. The number of rotatable bonds is 3. The quantitative estimate of drug-likeness (QED) is 0.858. The number of aromatic nitrogens is 1.